The summed E-state index contributed by atoms with van der Waals surface area (Å²) in [6.07, 6.45) is -2.93. The summed E-state index contributed by atoms with van der Waals surface area (Å²) in [5, 5.41) is 2.38. The van der Waals surface area contributed by atoms with Crippen LogP contribution in [0.3, 0.4) is 0 Å². The smallest absolute Gasteiger partial charge is 0.422 e. The predicted octanol–water partition coefficient (Wildman–Crippen LogP) is 3.62. The number of hydrogen-bond acceptors (Lipinski definition) is 3. The number of ether oxygens (including phenoxy) is 1. The normalized spacial score (nSPS) is 11.0. The third-order valence-electron chi connectivity index (χ3n) is 2.08. The van der Waals surface area contributed by atoms with E-state index in [-0.39, 0.29) is 17.2 Å². The van der Waals surface area contributed by atoms with Crippen LogP contribution in [0.2, 0.25) is 0 Å². The van der Waals surface area contributed by atoms with Crippen LogP contribution in [0.5, 0.6) is 5.75 Å². The van der Waals surface area contributed by atoms with Gasteiger partial charge in [-0.1, -0.05) is 6.08 Å². The van der Waals surface area contributed by atoms with Crippen LogP contribution in [0.4, 0.5) is 23.2 Å². The molecule has 21 heavy (non-hydrogen) atoms. The van der Waals surface area contributed by atoms with Gasteiger partial charge in [-0.2, -0.15) is 13.2 Å². The van der Waals surface area contributed by atoms with Crippen LogP contribution < -0.4 is 10.1 Å². The zero-order valence-electron chi connectivity index (χ0n) is 10.9. The van der Waals surface area contributed by atoms with Crippen molar-refractivity contribution in [2.24, 2.45) is 0 Å². The first kappa shape index (κ1) is 17.4. The second-order valence-electron chi connectivity index (χ2n) is 3.90. The fourth-order valence-electron chi connectivity index (χ4n) is 1.30. The zero-order valence-corrected chi connectivity index (χ0v) is 11.7. The van der Waals surface area contributed by atoms with E-state index in [4.69, 9.17) is 0 Å². The van der Waals surface area contributed by atoms with Crippen molar-refractivity contribution in [1.82, 2.24) is 0 Å². The van der Waals surface area contributed by atoms with E-state index in [2.05, 4.69) is 16.6 Å². The minimum absolute atomic E-state index is 0.00940. The van der Waals surface area contributed by atoms with Crippen LogP contribution in [-0.2, 0) is 4.79 Å². The predicted molar refractivity (Wildman–Crippen MR) is 74.1 cm³/mol. The number of benzene rings is 1. The number of alkyl halides is 3. The summed E-state index contributed by atoms with van der Waals surface area (Å²) in [5.74, 6) is -0.887. The standard InChI is InChI=1S/C13H13F4NO2S/c1-2-5-21-7-12(19)18-10-4-3-9(14)6-11(10)20-8-13(15,16)17/h2-4,6H,1,5,7-8H2,(H,18,19). The van der Waals surface area contributed by atoms with Crippen LogP contribution in [0, 0.1) is 5.82 Å². The SMILES string of the molecule is C=CCSCC(=O)Nc1ccc(F)cc1OCC(F)(F)F. The van der Waals surface area contributed by atoms with Gasteiger partial charge in [0.1, 0.15) is 11.6 Å². The van der Waals surface area contributed by atoms with E-state index in [1.165, 1.54) is 11.8 Å². The van der Waals surface area contributed by atoms with Gasteiger partial charge in [0.05, 0.1) is 11.4 Å². The summed E-state index contributed by atoms with van der Waals surface area (Å²) in [5.41, 5.74) is -0.00940. The van der Waals surface area contributed by atoms with Gasteiger partial charge >= 0.3 is 6.18 Å². The van der Waals surface area contributed by atoms with Crippen molar-refractivity contribution in [2.75, 3.05) is 23.4 Å². The summed E-state index contributed by atoms with van der Waals surface area (Å²) in [6.45, 7) is 1.93. The van der Waals surface area contributed by atoms with E-state index in [1.807, 2.05) is 0 Å². The van der Waals surface area contributed by atoms with Crippen LogP contribution in [0.25, 0.3) is 0 Å². The lowest BCUT2D eigenvalue weighted by atomic mass is 10.3. The Kier molecular flexibility index (Phi) is 6.54. The van der Waals surface area contributed by atoms with E-state index in [0.717, 1.165) is 18.2 Å². The molecule has 0 spiro atoms. The molecule has 0 unspecified atom stereocenters. The van der Waals surface area contributed by atoms with Crippen molar-refractivity contribution >= 4 is 23.4 Å². The van der Waals surface area contributed by atoms with Gasteiger partial charge in [-0.3, -0.25) is 4.79 Å². The molecule has 1 aromatic carbocycles. The molecule has 0 saturated heterocycles. The third kappa shape index (κ3) is 7.03. The Hall–Kier alpha value is -1.70. The Labute approximate surface area is 123 Å². The average molecular weight is 323 g/mol. The molecule has 3 nitrogen and oxygen atoms in total. The molecule has 0 atom stereocenters. The Bertz CT molecular complexity index is 505. The van der Waals surface area contributed by atoms with Gasteiger partial charge in [-0.25, -0.2) is 4.39 Å². The van der Waals surface area contributed by atoms with Gasteiger partial charge in [0.15, 0.2) is 6.61 Å². The highest BCUT2D eigenvalue weighted by molar-refractivity contribution is 8.00. The largest absolute Gasteiger partial charge is 0.482 e. The first-order chi connectivity index (χ1) is 9.81. The monoisotopic (exact) mass is 323 g/mol. The Balaban J connectivity index is 2.72. The molecule has 0 fully saturated rings. The number of nitrogens with one attached hydrogen (secondary N) is 1. The Morgan fingerprint density at radius 3 is 2.76 bits per heavy atom. The minimum Gasteiger partial charge on any atom is -0.482 e. The van der Waals surface area contributed by atoms with Crippen molar-refractivity contribution < 1.29 is 27.1 Å². The molecule has 0 saturated carbocycles. The number of halogens is 4. The van der Waals surface area contributed by atoms with Gasteiger partial charge in [0.25, 0.3) is 0 Å². The summed E-state index contributed by atoms with van der Waals surface area (Å²) >= 11 is 1.28. The van der Waals surface area contributed by atoms with Gasteiger partial charge in [0, 0.05) is 11.8 Å². The highest BCUT2D eigenvalue weighted by Crippen LogP contribution is 2.27. The van der Waals surface area contributed by atoms with Gasteiger partial charge < -0.3 is 10.1 Å². The van der Waals surface area contributed by atoms with E-state index in [0.29, 0.717) is 5.75 Å². The molecule has 116 valence electrons. The average Bonchev–Trinajstić information content (AvgIpc) is 2.38. The summed E-state index contributed by atoms with van der Waals surface area (Å²) < 4.78 is 53.9. The van der Waals surface area contributed by atoms with Crippen molar-refractivity contribution in [3.63, 3.8) is 0 Å². The molecular weight excluding hydrogens is 310 g/mol. The van der Waals surface area contributed by atoms with Gasteiger partial charge in [-0.05, 0) is 12.1 Å². The molecule has 0 heterocycles. The zero-order chi connectivity index (χ0) is 15.9. The topological polar surface area (TPSA) is 38.3 Å². The quantitative estimate of drug-likeness (QED) is 0.473. The maximum atomic E-state index is 13.1. The molecule has 0 aliphatic heterocycles. The lowest BCUT2D eigenvalue weighted by molar-refractivity contribution is -0.153. The number of rotatable bonds is 7. The Morgan fingerprint density at radius 1 is 1.43 bits per heavy atom. The number of hydrogen-bond donors (Lipinski definition) is 1. The van der Waals surface area contributed by atoms with Crippen molar-refractivity contribution in [1.29, 1.82) is 0 Å². The third-order valence-corrected chi connectivity index (χ3v) is 3.02. The van der Waals surface area contributed by atoms with E-state index < -0.39 is 24.5 Å². The van der Waals surface area contributed by atoms with Crippen LogP contribution in [-0.4, -0.2) is 30.2 Å². The molecular formula is C13H13F4NO2S. The van der Waals surface area contributed by atoms with E-state index in [1.54, 1.807) is 6.08 Å². The highest BCUT2D eigenvalue weighted by atomic mass is 32.2. The number of thioether (sulfide) groups is 1. The minimum atomic E-state index is -4.55. The number of carbonyl (C=O) groups excluding carboxylic acids is 1. The van der Waals surface area contributed by atoms with Crippen molar-refractivity contribution in [3.8, 4) is 5.75 Å². The number of carbonyl (C=O) groups is 1. The highest BCUT2D eigenvalue weighted by Gasteiger charge is 2.29. The second-order valence-corrected chi connectivity index (χ2v) is 4.93. The molecule has 1 N–H and O–H groups in total. The number of amides is 1. The summed E-state index contributed by atoms with van der Waals surface area (Å²) in [4.78, 5) is 11.6. The molecule has 0 aromatic heterocycles. The first-order valence-corrected chi connectivity index (χ1v) is 6.95. The molecule has 0 bridgehead atoms. The molecule has 1 aromatic rings. The van der Waals surface area contributed by atoms with Crippen molar-refractivity contribution in [2.45, 2.75) is 6.18 Å². The Morgan fingerprint density at radius 2 is 2.14 bits per heavy atom. The molecule has 0 aliphatic carbocycles. The number of anilines is 1. The maximum Gasteiger partial charge on any atom is 0.422 e. The molecule has 0 aliphatic rings. The second kappa shape index (κ2) is 7.92. The first-order valence-electron chi connectivity index (χ1n) is 5.79. The van der Waals surface area contributed by atoms with Crippen LogP contribution >= 0.6 is 11.8 Å². The lowest BCUT2D eigenvalue weighted by Crippen LogP contribution is -2.21. The molecule has 8 heteroatoms. The lowest BCUT2D eigenvalue weighted by Gasteiger charge is -2.14. The van der Waals surface area contributed by atoms with E-state index >= 15 is 0 Å². The van der Waals surface area contributed by atoms with E-state index in [9.17, 15) is 22.4 Å². The molecule has 0 radical (unpaired) electrons. The molecule has 1 rings (SSSR count). The summed E-state index contributed by atoms with van der Waals surface area (Å²) in [6, 6.07) is 2.96. The van der Waals surface area contributed by atoms with Crippen LogP contribution in [0.15, 0.2) is 30.9 Å². The summed E-state index contributed by atoms with van der Waals surface area (Å²) in [7, 11) is 0. The van der Waals surface area contributed by atoms with Gasteiger partial charge in [0.2, 0.25) is 5.91 Å². The fourth-order valence-corrected chi connectivity index (χ4v) is 1.84. The maximum absolute atomic E-state index is 13.1. The van der Waals surface area contributed by atoms with Gasteiger partial charge in [-0.15, -0.1) is 18.3 Å². The molecule has 1 amide bonds. The van der Waals surface area contributed by atoms with Crippen LogP contribution in [0.1, 0.15) is 0 Å². The van der Waals surface area contributed by atoms with Crippen molar-refractivity contribution in [3.05, 3.63) is 36.7 Å². The fraction of sp³-hybridized carbons (Fsp3) is 0.308.